The average Bonchev–Trinajstić information content (AvgIpc) is 3.45. The summed E-state index contributed by atoms with van der Waals surface area (Å²) in [5.41, 5.74) is 3.59. The molecule has 0 bridgehead atoms. The van der Waals surface area contributed by atoms with Crippen molar-refractivity contribution in [3.05, 3.63) is 96.5 Å². The number of anilines is 2. The molecule has 9 nitrogen and oxygen atoms in total. The summed E-state index contributed by atoms with van der Waals surface area (Å²) in [4.78, 5) is 21.3. The Balaban J connectivity index is 1.25. The Hall–Kier alpha value is -4.13. The fraction of sp³-hybridized carbons (Fsp3) is 0.0385. The van der Waals surface area contributed by atoms with Crippen LogP contribution in [0, 0.1) is 0 Å². The molecule has 5 rings (SSSR count). The van der Waals surface area contributed by atoms with Crippen molar-refractivity contribution in [2.24, 2.45) is 0 Å². The molecule has 2 heterocycles. The van der Waals surface area contributed by atoms with Gasteiger partial charge in [-0.25, -0.2) is 18.4 Å². The van der Waals surface area contributed by atoms with E-state index in [1.165, 1.54) is 41.8 Å². The van der Waals surface area contributed by atoms with E-state index >= 15 is 0 Å². The first-order chi connectivity index (χ1) is 18.5. The summed E-state index contributed by atoms with van der Waals surface area (Å²) in [5, 5.41) is 13.7. The Morgan fingerprint density at radius 2 is 1.50 bits per heavy atom. The van der Waals surface area contributed by atoms with Gasteiger partial charge in [-0.1, -0.05) is 72.4 Å². The van der Waals surface area contributed by atoms with Gasteiger partial charge in [-0.05, 0) is 24.3 Å². The first-order valence-corrected chi connectivity index (χ1v) is 14.6. The number of rotatable bonds is 9. The summed E-state index contributed by atoms with van der Waals surface area (Å²) in [6.45, 7) is 0. The van der Waals surface area contributed by atoms with Gasteiger partial charge in [0, 0.05) is 28.4 Å². The van der Waals surface area contributed by atoms with E-state index in [4.69, 9.17) is 4.98 Å². The highest BCUT2D eigenvalue weighted by Crippen LogP contribution is 2.29. The minimum atomic E-state index is -3.77. The predicted molar refractivity (Wildman–Crippen MR) is 149 cm³/mol. The summed E-state index contributed by atoms with van der Waals surface area (Å²) in [7, 11) is -3.77. The van der Waals surface area contributed by atoms with Crippen LogP contribution in [0.1, 0.15) is 0 Å². The zero-order valence-electron chi connectivity index (χ0n) is 19.7. The molecule has 3 aromatic carbocycles. The molecule has 190 valence electrons. The fourth-order valence-electron chi connectivity index (χ4n) is 3.45. The number of thiazole rings is 1. The number of nitrogens with zero attached hydrogens (tertiary/aromatic N) is 4. The van der Waals surface area contributed by atoms with E-state index in [1.807, 2.05) is 60.7 Å². The van der Waals surface area contributed by atoms with Crippen molar-refractivity contribution in [3.8, 4) is 22.5 Å². The molecule has 38 heavy (non-hydrogen) atoms. The van der Waals surface area contributed by atoms with Gasteiger partial charge in [-0.2, -0.15) is 0 Å². The SMILES string of the molecule is O=C(CSc1nnc(-c2ccccc2)c(-c2ccccc2)n1)Nc1ccc(S(=O)(=O)Nc2nccs2)cc1. The normalized spacial score (nSPS) is 11.2. The maximum atomic E-state index is 12.6. The highest BCUT2D eigenvalue weighted by atomic mass is 32.2. The molecule has 2 N–H and O–H groups in total. The Labute approximate surface area is 227 Å². The second kappa shape index (κ2) is 11.5. The summed E-state index contributed by atoms with van der Waals surface area (Å²) in [6, 6.07) is 25.3. The van der Waals surface area contributed by atoms with Crippen molar-refractivity contribution in [2.75, 3.05) is 15.8 Å². The minimum Gasteiger partial charge on any atom is -0.325 e. The van der Waals surface area contributed by atoms with Crippen LogP contribution >= 0.6 is 23.1 Å². The molecule has 0 aliphatic rings. The molecule has 0 aliphatic heterocycles. The van der Waals surface area contributed by atoms with Gasteiger partial charge in [-0.15, -0.1) is 21.5 Å². The van der Waals surface area contributed by atoms with Gasteiger partial charge >= 0.3 is 0 Å². The fourth-order valence-corrected chi connectivity index (χ4v) is 5.83. The van der Waals surface area contributed by atoms with Crippen molar-refractivity contribution < 1.29 is 13.2 Å². The molecule has 0 saturated heterocycles. The molecule has 0 radical (unpaired) electrons. The number of sulfonamides is 1. The molecule has 0 unspecified atom stereocenters. The van der Waals surface area contributed by atoms with Crippen LogP contribution in [-0.4, -0.2) is 40.2 Å². The smallest absolute Gasteiger partial charge is 0.263 e. The van der Waals surface area contributed by atoms with Gasteiger partial charge < -0.3 is 5.32 Å². The Bertz CT molecular complexity index is 1630. The summed E-state index contributed by atoms with van der Waals surface area (Å²) < 4.78 is 27.4. The van der Waals surface area contributed by atoms with Crippen molar-refractivity contribution in [1.29, 1.82) is 0 Å². The van der Waals surface area contributed by atoms with Crippen molar-refractivity contribution in [2.45, 2.75) is 10.1 Å². The quantitative estimate of drug-likeness (QED) is 0.236. The van der Waals surface area contributed by atoms with E-state index in [-0.39, 0.29) is 21.7 Å². The van der Waals surface area contributed by atoms with E-state index in [9.17, 15) is 13.2 Å². The van der Waals surface area contributed by atoms with Gasteiger partial charge in [0.15, 0.2) is 5.13 Å². The first kappa shape index (κ1) is 25.5. The molecular weight excluding hydrogens is 541 g/mol. The third-order valence-electron chi connectivity index (χ3n) is 5.20. The van der Waals surface area contributed by atoms with Gasteiger partial charge in [-0.3, -0.25) is 9.52 Å². The maximum Gasteiger partial charge on any atom is 0.263 e. The number of aromatic nitrogens is 4. The van der Waals surface area contributed by atoms with Crippen molar-refractivity contribution in [1.82, 2.24) is 20.2 Å². The lowest BCUT2D eigenvalue weighted by atomic mass is 10.0. The van der Waals surface area contributed by atoms with Crippen molar-refractivity contribution >= 4 is 49.8 Å². The second-order valence-electron chi connectivity index (χ2n) is 7.83. The Morgan fingerprint density at radius 3 is 2.13 bits per heavy atom. The van der Waals surface area contributed by atoms with Crippen LogP contribution in [0.15, 0.2) is 107 Å². The molecule has 0 atom stereocenters. The van der Waals surface area contributed by atoms with Crippen LogP contribution in [0.5, 0.6) is 0 Å². The van der Waals surface area contributed by atoms with E-state index in [0.717, 1.165) is 22.9 Å². The number of carbonyl (C=O) groups is 1. The summed E-state index contributed by atoms with van der Waals surface area (Å²) in [6.07, 6.45) is 1.51. The monoisotopic (exact) mass is 560 g/mol. The van der Waals surface area contributed by atoms with Crippen LogP contribution in [0.25, 0.3) is 22.5 Å². The van der Waals surface area contributed by atoms with Crippen molar-refractivity contribution in [3.63, 3.8) is 0 Å². The van der Waals surface area contributed by atoms with Gasteiger partial charge in [0.2, 0.25) is 11.1 Å². The third-order valence-corrected chi connectivity index (χ3v) is 8.21. The van der Waals surface area contributed by atoms with E-state index in [1.54, 1.807) is 5.38 Å². The highest BCUT2D eigenvalue weighted by Gasteiger charge is 2.17. The van der Waals surface area contributed by atoms with Crippen LogP contribution in [0.4, 0.5) is 10.8 Å². The van der Waals surface area contributed by atoms with E-state index in [2.05, 4.69) is 25.2 Å². The molecule has 1 amide bonds. The number of hydrogen-bond acceptors (Lipinski definition) is 9. The van der Waals surface area contributed by atoms with Crippen LogP contribution < -0.4 is 10.0 Å². The Morgan fingerprint density at radius 1 is 0.842 bits per heavy atom. The number of nitrogens with one attached hydrogen (secondary N) is 2. The zero-order chi connectivity index (χ0) is 26.4. The topological polar surface area (TPSA) is 127 Å². The molecule has 0 aliphatic carbocycles. The highest BCUT2D eigenvalue weighted by molar-refractivity contribution is 7.99. The summed E-state index contributed by atoms with van der Waals surface area (Å²) >= 11 is 2.34. The largest absolute Gasteiger partial charge is 0.325 e. The molecule has 5 aromatic rings. The molecule has 0 spiro atoms. The number of hydrogen-bond donors (Lipinski definition) is 2. The van der Waals surface area contributed by atoms with Crippen LogP contribution in [0.3, 0.4) is 0 Å². The lowest BCUT2D eigenvalue weighted by Gasteiger charge is -2.10. The Kier molecular flexibility index (Phi) is 7.73. The lowest BCUT2D eigenvalue weighted by Crippen LogP contribution is -2.15. The number of carbonyl (C=O) groups excluding carboxylic acids is 1. The van der Waals surface area contributed by atoms with Gasteiger partial charge in [0.25, 0.3) is 10.0 Å². The maximum absolute atomic E-state index is 12.6. The number of amides is 1. The molecule has 12 heteroatoms. The summed E-state index contributed by atoms with van der Waals surface area (Å²) in [5.74, 6) is -0.241. The molecule has 2 aromatic heterocycles. The average molecular weight is 561 g/mol. The van der Waals surface area contributed by atoms with E-state index in [0.29, 0.717) is 22.2 Å². The first-order valence-electron chi connectivity index (χ1n) is 11.3. The van der Waals surface area contributed by atoms with E-state index < -0.39 is 10.0 Å². The third kappa shape index (κ3) is 6.22. The molecule has 0 saturated carbocycles. The molecular formula is C26H20N6O3S3. The zero-order valence-corrected chi connectivity index (χ0v) is 22.1. The second-order valence-corrected chi connectivity index (χ2v) is 11.3. The minimum absolute atomic E-state index is 0.0479. The van der Waals surface area contributed by atoms with Gasteiger partial charge in [0.05, 0.1) is 10.6 Å². The van der Waals surface area contributed by atoms with Crippen LogP contribution in [-0.2, 0) is 14.8 Å². The molecule has 0 fully saturated rings. The standard InChI is InChI=1S/C26H20N6O3S3/c33-22(28-20-11-13-21(14-12-20)38(34,35)32-25-27-15-16-36-25)17-37-26-29-23(18-7-3-1-4-8-18)24(30-31-26)19-9-5-2-6-10-19/h1-16H,17H2,(H,27,32)(H,28,33). The van der Waals surface area contributed by atoms with Crippen LogP contribution in [0.2, 0.25) is 0 Å². The lowest BCUT2D eigenvalue weighted by molar-refractivity contribution is -0.113. The predicted octanol–water partition coefficient (Wildman–Crippen LogP) is 5.19. The van der Waals surface area contributed by atoms with Gasteiger partial charge in [0.1, 0.15) is 11.4 Å². The number of benzene rings is 3. The number of thioether (sulfide) groups is 1.